The largest absolute Gasteiger partial charge is 0.497 e. The van der Waals surface area contributed by atoms with Crippen molar-refractivity contribution in [3.05, 3.63) is 41.5 Å². The quantitative estimate of drug-likeness (QED) is 0.309. The zero-order valence-electron chi connectivity index (χ0n) is 19.8. The van der Waals surface area contributed by atoms with Crippen LogP contribution in [0, 0.1) is 6.92 Å². The molecule has 0 aliphatic carbocycles. The maximum Gasteiger partial charge on any atom is 0.409 e. The Balaban J connectivity index is 0.00000385. The predicted molar refractivity (Wildman–Crippen MR) is 137 cm³/mol. The molecule has 0 radical (unpaired) electrons. The third-order valence-electron chi connectivity index (χ3n) is 5.51. The van der Waals surface area contributed by atoms with Gasteiger partial charge in [-0.3, -0.25) is 0 Å². The highest BCUT2D eigenvalue weighted by Gasteiger charge is 2.24. The highest BCUT2D eigenvalue weighted by Crippen LogP contribution is 2.12. The van der Waals surface area contributed by atoms with Crippen molar-refractivity contribution in [2.75, 3.05) is 46.4 Å². The van der Waals surface area contributed by atoms with Gasteiger partial charge in [0.05, 0.1) is 13.7 Å². The number of carbonyl (C=O) groups is 1. The second kappa shape index (κ2) is 13.2. The number of carbonyl (C=O) groups excluding carboxylic acids is 1. The zero-order valence-corrected chi connectivity index (χ0v) is 22.1. The van der Waals surface area contributed by atoms with Crippen molar-refractivity contribution in [3.8, 4) is 5.75 Å². The van der Waals surface area contributed by atoms with Crippen LogP contribution in [0.5, 0.6) is 5.75 Å². The smallest absolute Gasteiger partial charge is 0.409 e. The van der Waals surface area contributed by atoms with Crippen LogP contribution in [0.4, 0.5) is 4.79 Å². The first-order valence-corrected chi connectivity index (χ1v) is 10.9. The van der Waals surface area contributed by atoms with Crippen molar-refractivity contribution in [2.24, 2.45) is 12.0 Å². The number of benzene rings is 1. The van der Waals surface area contributed by atoms with Crippen LogP contribution < -0.4 is 10.1 Å². The molecule has 0 unspecified atom stereocenters. The lowest BCUT2D eigenvalue weighted by Gasteiger charge is -2.36. The van der Waals surface area contributed by atoms with Crippen molar-refractivity contribution in [1.29, 1.82) is 0 Å². The van der Waals surface area contributed by atoms with Gasteiger partial charge in [-0.15, -0.1) is 34.2 Å². The minimum Gasteiger partial charge on any atom is -0.497 e. The van der Waals surface area contributed by atoms with Gasteiger partial charge in [-0.25, -0.2) is 9.79 Å². The van der Waals surface area contributed by atoms with E-state index in [1.165, 1.54) is 5.56 Å². The van der Waals surface area contributed by atoms with Crippen molar-refractivity contribution >= 4 is 36.0 Å². The van der Waals surface area contributed by atoms with Gasteiger partial charge >= 0.3 is 6.09 Å². The second-order valence-electron chi connectivity index (χ2n) is 7.56. The Morgan fingerprint density at radius 1 is 1.12 bits per heavy atom. The van der Waals surface area contributed by atoms with E-state index in [4.69, 9.17) is 14.5 Å². The summed E-state index contributed by atoms with van der Waals surface area (Å²) in [6, 6.07) is 8.07. The van der Waals surface area contributed by atoms with Crippen LogP contribution >= 0.6 is 24.0 Å². The van der Waals surface area contributed by atoms with Crippen LogP contribution in [0.3, 0.4) is 0 Å². The molecule has 1 amide bonds. The number of aliphatic imine (C=N–C) groups is 1. The molecule has 0 spiro atoms. The summed E-state index contributed by atoms with van der Waals surface area (Å²) in [4.78, 5) is 20.7. The van der Waals surface area contributed by atoms with Gasteiger partial charge in [-0.2, -0.15) is 0 Å². The van der Waals surface area contributed by atoms with E-state index in [1.54, 1.807) is 12.0 Å². The molecule has 10 nitrogen and oxygen atoms in total. The molecule has 0 atom stereocenters. The summed E-state index contributed by atoms with van der Waals surface area (Å²) in [5.74, 6) is 3.32. The molecule has 33 heavy (non-hydrogen) atoms. The number of halogens is 1. The fourth-order valence-electron chi connectivity index (χ4n) is 3.43. The van der Waals surface area contributed by atoms with Crippen molar-refractivity contribution < 1.29 is 14.3 Å². The Kier molecular flexibility index (Phi) is 10.7. The molecule has 0 bridgehead atoms. The van der Waals surface area contributed by atoms with E-state index in [-0.39, 0.29) is 30.1 Å². The van der Waals surface area contributed by atoms with Crippen LogP contribution in [0.15, 0.2) is 29.3 Å². The third kappa shape index (κ3) is 7.47. The van der Waals surface area contributed by atoms with Gasteiger partial charge in [0.25, 0.3) is 0 Å². The van der Waals surface area contributed by atoms with E-state index < -0.39 is 0 Å². The van der Waals surface area contributed by atoms with E-state index in [1.807, 2.05) is 37.6 Å². The predicted octanol–water partition coefficient (Wildman–Crippen LogP) is 2.21. The molecule has 1 fully saturated rings. The first kappa shape index (κ1) is 26.7. The monoisotopic (exact) mass is 571 g/mol. The van der Waals surface area contributed by atoms with Gasteiger partial charge in [0, 0.05) is 39.8 Å². The summed E-state index contributed by atoms with van der Waals surface area (Å²) in [7, 11) is 3.61. The molecule has 182 valence electrons. The summed E-state index contributed by atoms with van der Waals surface area (Å²) in [6.45, 7) is 7.86. The highest BCUT2D eigenvalue weighted by atomic mass is 127. The van der Waals surface area contributed by atoms with Crippen LogP contribution in [0.25, 0.3) is 0 Å². The molecule has 1 aliphatic heterocycles. The summed E-state index contributed by atoms with van der Waals surface area (Å²) in [6.07, 6.45) is 0.599. The van der Waals surface area contributed by atoms with Crippen LogP contribution in [-0.4, -0.2) is 83.1 Å². The summed E-state index contributed by atoms with van der Waals surface area (Å²) in [5, 5.41) is 11.8. The van der Waals surface area contributed by atoms with E-state index in [0.29, 0.717) is 39.3 Å². The zero-order chi connectivity index (χ0) is 22.9. The number of methoxy groups -OCH3 is 1. The van der Waals surface area contributed by atoms with Crippen LogP contribution in [-0.2, 0) is 24.8 Å². The Bertz CT molecular complexity index is 909. The minimum absolute atomic E-state index is 0. The first-order chi connectivity index (χ1) is 15.5. The lowest BCUT2D eigenvalue weighted by molar-refractivity contribution is 0.0914. The Hall–Kier alpha value is -2.57. The van der Waals surface area contributed by atoms with E-state index in [0.717, 1.165) is 36.3 Å². The molecular weight excluding hydrogens is 537 g/mol. The molecule has 2 aromatic rings. The molecule has 0 saturated carbocycles. The molecule has 1 saturated heterocycles. The lowest BCUT2D eigenvalue weighted by atomic mass is 10.1. The fourth-order valence-corrected chi connectivity index (χ4v) is 3.43. The lowest BCUT2D eigenvalue weighted by Crippen LogP contribution is -2.54. The van der Waals surface area contributed by atoms with Crippen molar-refractivity contribution in [2.45, 2.75) is 26.8 Å². The third-order valence-corrected chi connectivity index (χ3v) is 5.51. The summed E-state index contributed by atoms with van der Waals surface area (Å²) in [5.41, 5.74) is 1.22. The second-order valence-corrected chi connectivity index (χ2v) is 7.56. The maximum atomic E-state index is 12.0. The van der Waals surface area contributed by atoms with Gasteiger partial charge in [-0.05, 0) is 38.0 Å². The number of amides is 1. The van der Waals surface area contributed by atoms with Crippen LogP contribution in [0.2, 0.25) is 0 Å². The van der Waals surface area contributed by atoms with Gasteiger partial charge in [-0.1, -0.05) is 12.1 Å². The number of aryl methyl sites for hydroxylation is 1. The molecule has 11 heteroatoms. The van der Waals surface area contributed by atoms with E-state index >= 15 is 0 Å². The summed E-state index contributed by atoms with van der Waals surface area (Å²) < 4.78 is 12.3. The number of hydrogen-bond donors (Lipinski definition) is 1. The van der Waals surface area contributed by atoms with Crippen molar-refractivity contribution in [1.82, 2.24) is 29.9 Å². The number of nitrogens with zero attached hydrogens (tertiary/aromatic N) is 6. The first-order valence-electron chi connectivity index (χ1n) is 10.9. The Labute approximate surface area is 212 Å². The standard InChI is InChI=1S/C22H33N7O3.HI/c1-5-32-22(30)29-14-12-28(13-15-29)21(24-16-20-26-25-17(2)27(20)3)23-11-10-18-6-8-19(31-4)9-7-18;/h6-9H,5,10-16H2,1-4H3,(H,23,24);1H. The number of nitrogens with one attached hydrogen (secondary N) is 1. The number of aromatic nitrogens is 3. The minimum atomic E-state index is -0.257. The molecular formula is C22H34IN7O3. The topological polar surface area (TPSA) is 97.1 Å². The van der Waals surface area contributed by atoms with E-state index in [2.05, 4.69) is 32.5 Å². The number of ether oxygens (including phenoxy) is 2. The normalized spacial score (nSPS) is 14.0. The Morgan fingerprint density at radius 2 is 1.79 bits per heavy atom. The molecule has 1 aliphatic rings. The average Bonchev–Trinajstić information content (AvgIpc) is 3.14. The Morgan fingerprint density at radius 3 is 2.36 bits per heavy atom. The van der Waals surface area contributed by atoms with Gasteiger partial charge in [0.2, 0.25) is 0 Å². The molecule has 3 rings (SSSR count). The maximum absolute atomic E-state index is 12.0. The van der Waals surface area contributed by atoms with Crippen LogP contribution in [0.1, 0.15) is 24.1 Å². The molecule has 1 aromatic heterocycles. The highest BCUT2D eigenvalue weighted by molar-refractivity contribution is 14.0. The average molecular weight is 571 g/mol. The summed E-state index contributed by atoms with van der Waals surface area (Å²) >= 11 is 0. The number of hydrogen-bond acceptors (Lipinski definition) is 6. The number of rotatable bonds is 7. The fraction of sp³-hybridized carbons (Fsp3) is 0.545. The molecule has 2 heterocycles. The number of piperazine rings is 1. The number of guanidine groups is 1. The SMILES string of the molecule is CCOC(=O)N1CCN(C(=NCc2nnc(C)n2C)NCCc2ccc(OC)cc2)CC1.I. The van der Waals surface area contributed by atoms with E-state index in [9.17, 15) is 4.79 Å². The molecule has 1 aromatic carbocycles. The molecule has 1 N–H and O–H groups in total. The van der Waals surface area contributed by atoms with Gasteiger partial charge in [0.15, 0.2) is 11.8 Å². The van der Waals surface area contributed by atoms with Gasteiger partial charge < -0.3 is 29.2 Å². The van der Waals surface area contributed by atoms with Gasteiger partial charge in [0.1, 0.15) is 18.1 Å². The van der Waals surface area contributed by atoms with Crippen molar-refractivity contribution in [3.63, 3.8) is 0 Å².